The van der Waals surface area contributed by atoms with E-state index < -0.39 is 18.0 Å². The fraction of sp³-hybridized carbons (Fsp3) is 0.130. The van der Waals surface area contributed by atoms with E-state index in [0.29, 0.717) is 11.1 Å². The van der Waals surface area contributed by atoms with Crippen LogP contribution in [-0.4, -0.2) is 17.1 Å². The van der Waals surface area contributed by atoms with Crippen LogP contribution in [0.5, 0.6) is 5.75 Å². The van der Waals surface area contributed by atoms with Crippen LogP contribution in [0.15, 0.2) is 78.9 Å². The van der Waals surface area contributed by atoms with Gasteiger partial charge in [0.1, 0.15) is 11.6 Å². The molecule has 1 heterocycles. The lowest BCUT2D eigenvalue weighted by atomic mass is 9.98. The number of nitrogens with zero attached hydrogens (tertiary/aromatic N) is 2. The number of fused-ring (bicyclic) bond motifs is 1. The average Bonchev–Trinajstić information content (AvgIpc) is 2.77. The van der Waals surface area contributed by atoms with E-state index >= 15 is 0 Å². The normalized spacial score (nSPS) is 11.6. The van der Waals surface area contributed by atoms with Crippen molar-refractivity contribution < 1.29 is 17.9 Å². The van der Waals surface area contributed by atoms with Crippen molar-refractivity contribution in [2.45, 2.75) is 12.2 Å². The third-order valence-corrected chi connectivity index (χ3v) is 4.70. The molecule has 4 nitrogen and oxygen atoms in total. The number of nitrogens with one attached hydrogen (secondary N) is 1. The summed E-state index contributed by atoms with van der Waals surface area (Å²) in [7, 11) is 1.45. The van der Waals surface area contributed by atoms with Crippen molar-refractivity contribution in [3.8, 4) is 5.75 Å². The second-order valence-corrected chi connectivity index (χ2v) is 6.68. The first-order valence-corrected chi connectivity index (χ1v) is 9.25. The van der Waals surface area contributed by atoms with Gasteiger partial charge in [0.25, 0.3) is 0 Å². The Hall–Kier alpha value is -3.61. The maximum absolute atomic E-state index is 13.5. The molecule has 4 rings (SSSR count). The van der Waals surface area contributed by atoms with Crippen LogP contribution in [0.4, 0.5) is 19.0 Å². The molecule has 0 spiro atoms. The number of hydrogen-bond acceptors (Lipinski definition) is 4. The summed E-state index contributed by atoms with van der Waals surface area (Å²) < 4.78 is 45.6. The fourth-order valence-electron chi connectivity index (χ4n) is 3.26. The minimum Gasteiger partial charge on any atom is -0.497 e. The van der Waals surface area contributed by atoms with E-state index in [9.17, 15) is 13.2 Å². The van der Waals surface area contributed by atoms with Crippen molar-refractivity contribution in [3.63, 3.8) is 0 Å². The van der Waals surface area contributed by atoms with Crippen molar-refractivity contribution in [2.75, 3.05) is 12.4 Å². The van der Waals surface area contributed by atoms with Crippen molar-refractivity contribution in [1.82, 2.24) is 9.97 Å². The molecule has 0 radical (unpaired) electrons. The zero-order valence-electron chi connectivity index (χ0n) is 16.0. The van der Waals surface area contributed by atoms with Crippen molar-refractivity contribution >= 4 is 16.7 Å². The lowest BCUT2D eigenvalue weighted by molar-refractivity contribution is -0.144. The third kappa shape index (κ3) is 4.05. The highest BCUT2D eigenvalue weighted by Crippen LogP contribution is 2.34. The largest absolute Gasteiger partial charge is 0.497 e. The van der Waals surface area contributed by atoms with Gasteiger partial charge in [0.2, 0.25) is 5.82 Å². The highest BCUT2D eigenvalue weighted by Gasteiger charge is 2.36. The first-order chi connectivity index (χ1) is 14.5. The Morgan fingerprint density at radius 2 is 1.43 bits per heavy atom. The molecule has 4 aromatic rings. The number of benzene rings is 3. The zero-order chi connectivity index (χ0) is 21.1. The Labute approximate surface area is 171 Å². The molecular formula is C23H18F3N3O. The lowest BCUT2D eigenvalue weighted by Gasteiger charge is -2.22. The summed E-state index contributed by atoms with van der Waals surface area (Å²) in [6.45, 7) is 0. The van der Waals surface area contributed by atoms with Crippen LogP contribution in [0.3, 0.4) is 0 Å². The first-order valence-electron chi connectivity index (χ1n) is 9.25. The third-order valence-electron chi connectivity index (χ3n) is 4.70. The Bertz CT molecular complexity index is 1110. The van der Waals surface area contributed by atoms with Crippen molar-refractivity contribution in [1.29, 1.82) is 0 Å². The molecule has 1 aromatic heterocycles. The van der Waals surface area contributed by atoms with Crippen molar-refractivity contribution in [3.05, 3.63) is 95.8 Å². The standard InChI is InChI=1S/C23H18F3N3O/c1-30-17-12-13-18-19(14-17)27-22(23(24,25)26)29-21(18)28-20(15-8-4-2-5-9-15)16-10-6-3-7-11-16/h2-14,20H,1H3,(H,27,28,29). The SMILES string of the molecule is COc1ccc2c(NC(c3ccccc3)c3ccccc3)nc(C(F)(F)F)nc2c1. The van der Waals surface area contributed by atoms with Gasteiger partial charge in [-0.05, 0) is 23.3 Å². The summed E-state index contributed by atoms with van der Waals surface area (Å²) in [6, 6.07) is 23.4. The molecule has 0 saturated heterocycles. The van der Waals surface area contributed by atoms with Crippen LogP contribution in [0.25, 0.3) is 10.9 Å². The smallest absolute Gasteiger partial charge is 0.451 e. The number of anilines is 1. The molecule has 0 fully saturated rings. The minimum atomic E-state index is -4.68. The number of alkyl halides is 3. The number of hydrogen-bond donors (Lipinski definition) is 1. The highest BCUT2D eigenvalue weighted by molar-refractivity contribution is 5.90. The van der Waals surface area contributed by atoms with Gasteiger partial charge in [0.15, 0.2) is 0 Å². The Balaban J connectivity index is 1.88. The Kier molecular flexibility index (Phi) is 5.27. The van der Waals surface area contributed by atoms with Gasteiger partial charge < -0.3 is 10.1 Å². The molecule has 0 aliphatic carbocycles. The lowest BCUT2D eigenvalue weighted by Crippen LogP contribution is -2.17. The maximum Gasteiger partial charge on any atom is 0.451 e. The highest BCUT2D eigenvalue weighted by atomic mass is 19.4. The molecule has 0 unspecified atom stereocenters. The Morgan fingerprint density at radius 1 is 0.833 bits per heavy atom. The van der Waals surface area contributed by atoms with Gasteiger partial charge >= 0.3 is 6.18 Å². The monoisotopic (exact) mass is 409 g/mol. The molecule has 0 amide bonds. The van der Waals surface area contributed by atoms with E-state index in [1.807, 2.05) is 60.7 Å². The van der Waals surface area contributed by atoms with E-state index in [4.69, 9.17) is 4.74 Å². The van der Waals surface area contributed by atoms with Crippen LogP contribution in [0, 0.1) is 0 Å². The molecular weight excluding hydrogens is 391 g/mol. The molecule has 3 aromatic carbocycles. The average molecular weight is 409 g/mol. The molecule has 0 aliphatic rings. The zero-order valence-corrected chi connectivity index (χ0v) is 16.0. The molecule has 0 saturated carbocycles. The predicted octanol–water partition coefficient (Wildman–Crippen LogP) is 5.86. The van der Waals surface area contributed by atoms with Gasteiger partial charge in [0, 0.05) is 11.5 Å². The maximum atomic E-state index is 13.5. The fourth-order valence-corrected chi connectivity index (χ4v) is 3.26. The number of aromatic nitrogens is 2. The number of methoxy groups -OCH3 is 1. The Morgan fingerprint density at radius 3 is 1.97 bits per heavy atom. The van der Waals surface area contributed by atoms with Gasteiger partial charge in [-0.15, -0.1) is 0 Å². The number of rotatable bonds is 5. The predicted molar refractivity (Wildman–Crippen MR) is 109 cm³/mol. The van der Waals surface area contributed by atoms with Crippen LogP contribution in [0.2, 0.25) is 0 Å². The summed E-state index contributed by atoms with van der Waals surface area (Å²) in [5.74, 6) is -0.679. The van der Waals surface area contributed by atoms with E-state index in [2.05, 4.69) is 15.3 Å². The number of ether oxygens (including phenoxy) is 1. The summed E-state index contributed by atoms with van der Waals surface area (Å²) in [4.78, 5) is 7.54. The van der Waals surface area contributed by atoms with E-state index in [-0.39, 0.29) is 11.3 Å². The summed E-state index contributed by atoms with van der Waals surface area (Å²) in [6.07, 6.45) is -4.68. The van der Waals surface area contributed by atoms with E-state index in [1.54, 1.807) is 12.1 Å². The topological polar surface area (TPSA) is 47.0 Å². The van der Waals surface area contributed by atoms with Gasteiger partial charge in [-0.3, -0.25) is 0 Å². The van der Waals surface area contributed by atoms with Crippen LogP contribution in [0.1, 0.15) is 23.0 Å². The van der Waals surface area contributed by atoms with Crippen LogP contribution in [-0.2, 0) is 6.18 Å². The molecule has 0 bridgehead atoms. The van der Waals surface area contributed by atoms with Crippen LogP contribution < -0.4 is 10.1 Å². The second-order valence-electron chi connectivity index (χ2n) is 6.68. The first kappa shape index (κ1) is 19.7. The summed E-state index contributed by atoms with van der Waals surface area (Å²) >= 11 is 0. The van der Waals surface area contributed by atoms with Gasteiger partial charge in [-0.25, -0.2) is 9.97 Å². The molecule has 0 aliphatic heterocycles. The number of halogens is 3. The molecule has 152 valence electrons. The van der Waals surface area contributed by atoms with Gasteiger partial charge in [-0.1, -0.05) is 60.7 Å². The quantitative estimate of drug-likeness (QED) is 0.449. The van der Waals surface area contributed by atoms with E-state index in [0.717, 1.165) is 11.1 Å². The molecule has 1 N–H and O–H groups in total. The minimum absolute atomic E-state index is 0.104. The second kappa shape index (κ2) is 8.02. The molecule has 7 heteroatoms. The van der Waals surface area contributed by atoms with Crippen LogP contribution >= 0.6 is 0 Å². The molecule has 30 heavy (non-hydrogen) atoms. The summed E-state index contributed by atoms with van der Waals surface area (Å²) in [5, 5.41) is 3.69. The summed E-state index contributed by atoms with van der Waals surface area (Å²) in [5.41, 5.74) is 1.95. The van der Waals surface area contributed by atoms with E-state index in [1.165, 1.54) is 13.2 Å². The van der Waals surface area contributed by atoms with Gasteiger partial charge in [0.05, 0.1) is 18.7 Å². The van der Waals surface area contributed by atoms with Crippen molar-refractivity contribution in [2.24, 2.45) is 0 Å². The molecule has 0 atom stereocenters. The van der Waals surface area contributed by atoms with Gasteiger partial charge in [-0.2, -0.15) is 13.2 Å².